The number of hydrogen-bond acceptors (Lipinski definition) is 2. The second-order valence-electron chi connectivity index (χ2n) is 4.26. The molecule has 0 heterocycles. The van der Waals surface area contributed by atoms with Crippen molar-refractivity contribution in [2.45, 2.75) is 33.8 Å². The van der Waals surface area contributed by atoms with Gasteiger partial charge in [-0.15, -0.1) is 0 Å². The van der Waals surface area contributed by atoms with E-state index < -0.39 is 0 Å². The lowest BCUT2D eigenvalue weighted by Gasteiger charge is -2.18. The summed E-state index contributed by atoms with van der Waals surface area (Å²) in [6.07, 6.45) is 0.124. The SMILES string of the molecule is CC(=O)c1ccc(OC(C)C(C)C)cc1Cl. The Labute approximate surface area is 102 Å². The molecule has 16 heavy (non-hydrogen) atoms. The van der Waals surface area contributed by atoms with Gasteiger partial charge in [0.1, 0.15) is 5.75 Å². The van der Waals surface area contributed by atoms with E-state index in [1.807, 2.05) is 6.92 Å². The van der Waals surface area contributed by atoms with Crippen LogP contribution in [0.1, 0.15) is 38.1 Å². The van der Waals surface area contributed by atoms with Gasteiger partial charge < -0.3 is 4.74 Å². The number of halogens is 1. The summed E-state index contributed by atoms with van der Waals surface area (Å²) in [6.45, 7) is 7.70. The Morgan fingerprint density at radius 2 is 1.94 bits per heavy atom. The Morgan fingerprint density at radius 1 is 1.31 bits per heavy atom. The lowest BCUT2D eigenvalue weighted by Crippen LogP contribution is -2.18. The highest BCUT2D eigenvalue weighted by Gasteiger charge is 2.11. The summed E-state index contributed by atoms with van der Waals surface area (Å²) in [4.78, 5) is 11.2. The van der Waals surface area contributed by atoms with Gasteiger partial charge in [-0.05, 0) is 38.0 Å². The summed E-state index contributed by atoms with van der Waals surface area (Å²) < 4.78 is 5.70. The van der Waals surface area contributed by atoms with Crippen molar-refractivity contribution in [3.63, 3.8) is 0 Å². The number of benzene rings is 1. The van der Waals surface area contributed by atoms with Crippen molar-refractivity contribution >= 4 is 17.4 Å². The van der Waals surface area contributed by atoms with Crippen LogP contribution in [0.3, 0.4) is 0 Å². The van der Waals surface area contributed by atoms with E-state index >= 15 is 0 Å². The van der Waals surface area contributed by atoms with Crippen LogP contribution in [0.4, 0.5) is 0 Å². The predicted octanol–water partition coefficient (Wildman–Crippen LogP) is 3.97. The minimum Gasteiger partial charge on any atom is -0.490 e. The molecule has 3 heteroatoms. The number of carbonyl (C=O) groups is 1. The molecule has 2 nitrogen and oxygen atoms in total. The number of ether oxygens (including phenoxy) is 1. The fourth-order valence-electron chi connectivity index (χ4n) is 1.21. The van der Waals surface area contributed by atoms with Crippen LogP contribution in [0.25, 0.3) is 0 Å². The van der Waals surface area contributed by atoms with Gasteiger partial charge in [0.25, 0.3) is 0 Å². The highest BCUT2D eigenvalue weighted by Crippen LogP contribution is 2.24. The molecule has 88 valence electrons. The van der Waals surface area contributed by atoms with Gasteiger partial charge in [0.15, 0.2) is 5.78 Å². The zero-order valence-electron chi connectivity index (χ0n) is 10.1. The van der Waals surface area contributed by atoms with Crippen LogP contribution in [-0.2, 0) is 0 Å². The Bertz CT molecular complexity index is 386. The summed E-state index contributed by atoms with van der Waals surface area (Å²) in [5.41, 5.74) is 0.534. The molecule has 0 aliphatic heterocycles. The normalized spacial score (nSPS) is 12.6. The maximum absolute atomic E-state index is 11.2. The van der Waals surface area contributed by atoms with Crippen LogP contribution < -0.4 is 4.74 Å². The van der Waals surface area contributed by atoms with Crippen molar-refractivity contribution in [1.82, 2.24) is 0 Å². The molecule has 0 radical (unpaired) electrons. The molecule has 1 unspecified atom stereocenters. The quantitative estimate of drug-likeness (QED) is 0.745. The molecular formula is C13H17ClO2. The first kappa shape index (κ1) is 13.0. The summed E-state index contributed by atoms with van der Waals surface area (Å²) in [6, 6.07) is 5.17. The number of Topliss-reactive ketones (excluding diaryl/α,β-unsaturated/α-hetero) is 1. The van der Waals surface area contributed by atoms with Crippen molar-refractivity contribution in [3.05, 3.63) is 28.8 Å². The standard InChI is InChI=1S/C13H17ClO2/c1-8(2)10(4)16-11-5-6-12(9(3)15)13(14)7-11/h5-8,10H,1-4H3. The molecule has 0 aromatic heterocycles. The van der Waals surface area contributed by atoms with E-state index in [9.17, 15) is 4.79 Å². The van der Waals surface area contributed by atoms with E-state index in [2.05, 4.69) is 13.8 Å². The minimum atomic E-state index is -0.0338. The Balaban J connectivity index is 2.85. The Hall–Kier alpha value is -1.02. The smallest absolute Gasteiger partial charge is 0.161 e. The fraction of sp³-hybridized carbons (Fsp3) is 0.462. The van der Waals surface area contributed by atoms with Gasteiger partial charge in [0.05, 0.1) is 11.1 Å². The molecular weight excluding hydrogens is 224 g/mol. The van der Waals surface area contributed by atoms with Crippen LogP contribution in [-0.4, -0.2) is 11.9 Å². The van der Waals surface area contributed by atoms with Crippen molar-refractivity contribution in [2.24, 2.45) is 5.92 Å². The predicted molar refractivity (Wildman–Crippen MR) is 66.4 cm³/mol. The van der Waals surface area contributed by atoms with Crippen LogP contribution in [0.2, 0.25) is 5.02 Å². The maximum Gasteiger partial charge on any atom is 0.161 e. The second kappa shape index (κ2) is 5.35. The van der Waals surface area contributed by atoms with Crippen molar-refractivity contribution in [3.8, 4) is 5.75 Å². The van der Waals surface area contributed by atoms with Crippen molar-refractivity contribution < 1.29 is 9.53 Å². The zero-order valence-corrected chi connectivity index (χ0v) is 10.8. The lowest BCUT2D eigenvalue weighted by atomic mass is 10.1. The Morgan fingerprint density at radius 3 is 2.38 bits per heavy atom. The highest BCUT2D eigenvalue weighted by atomic mass is 35.5. The van der Waals surface area contributed by atoms with Gasteiger partial charge in [-0.3, -0.25) is 4.79 Å². The van der Waals surface area contributed by atoms with Crippen LogP contribution in [0.15, 0.2) is 18.2 Å². The number of hydrogen-bond donors (Lipinski definition) is 0. The maximum atomic E-state index is 11.2. The van der Waals surface area contributed by atoms with E-state index in [1.54, 1.807) is 18.2 Å². The first-order valence-corrected chi connectivity index (χ1v) is 5.76. The van der Waals surface area contributed by atoms with Gasteiger partial charge in [0, 0.05) is 5.56 Å². The molecule has 1 aromatic carbocycles. The van der Waals surface area contributed by atoms with Gasteiger partial charge in [-0.1, -0.05) is 25.4 Å². The molecule has 1 aromatic rings. The lowest BCUT2D eigenvalue weighted by molar-refractivity contribution is 0.101. The third-order valence-electron chi connectivity index (χ3n) is 2.58. The van der Waals surface area contributed by atoms with Crippen LogP contribution in [0.5, 0.6) is 5.75 Å². The second-order valence-corrected chi connectivity index (χ2v) is 4.67. The topological polar surface area (TPSA) is 26.3 Å². The molecule has 0 aliphatic carbocycles. The molecule has 1 atom stereocenters. The molecule has 0 bridgehead atoms. The van der Waals surface area contributed by atoms with E-state index in [0.29, 0.717) is 22.3 Å². The third kappa shape index (κ3) is 3.24. The highest BCUT2D eigenvalue weighted by molar-refractivity contribution is 6.34. The zero-order chi connectivity index (χ0) is 12.3. The van der Waals surface area contributed by atoms with Gasteiger partial charge in [-0.2, -0.15) is 0 Å². The minimum absolute atomic E-state index is 0.0338. The van der Waals surface area contributed by atoms with Gasteiger partial charge in [-0.25, -0.2) is 0 Å². The summed E-state index contributed by atoms with van der Waals surface area (Å²) in [7, 11) is 0. The Kier molecular flexibility index (Phi) is 4.36. The summed E-state index contributed by atoms with van der Waals surface area (Å²) in [5.74, 6) is 1.11. The molecule has 0 saturated heterocycles. The average molecular weight is 241 g/mol. The molecule has 0 aliphatic rings. The van der Waals surface area contributed by atoms with Crippen molar-refractivity contribution in [1.29, 1.82) is 0 Å². The first-order chi connectivity index (χ1) is 7.41. The van der Waals surface area contributed by atoms with Crippen LogP contribution in [0, 0.1) is 5.92 Å². The molecule has 0 spiro atoms. The summed E-state index contributed by atoms with van der Waals surface area (Å²) in [5, 5.41) is 0.445. The van der Waals surface area contributed by atoms with E-state index in [4.69, 9.17) is 16.3 Å². The van der Waals surface area contributed by atoms with Crippen molar-refractivity contribution in [2.75, 3.05) is 0 Å². The largest absolute Gasteiger partial charge is 0.490 e. The molecule has 0 amide bonds. The number of ketones is 1. The van der Waals surface area contributed by atoms with E-state index in [-0.39, 0.29) is 11.9 Å². The monoisotopic (exact) mass is 240 g/mol. The van der Waals surface area contributed by atoms with E-state index in [0.717, 1.165) is 0 Å². The number of carbonyl (C=O) groups excluding carboxylic acids is 1. The summed E-state index contributed by atoms with van der Waals surface area (Å²) >= 11 is 5.99. The van der Waals surface area contributed by atoms with Gasteiger partial charge >= 0.3 is 0 Å². The molecule has 0 N–H and O–H groups in total. The van der Waals surface area contributed by atoms with Crippen LogP contribution >= 0.6 is 11.6 Å². The fourth-order valence-corrected chi connectivity index (χ4v) is 1.51. The molecule has 1 rings (SSSR count). The average Bonchev–Trinajstić information content (AvgIpc) is 2.16. The molecule has 0 saturated carbocycles. The third-order valence-corrected chi connectivity index (χ3v) is 2.89. The molecule has 0 fully saturated rings. The first-order valence-electron chi connectivity index (χ1n) is 5.39. The van der Waals surface area contributed by atoms with Gasteiger partial charge in [0.2, 0.25) is 0 Å². The number of rotatable bonds is 4. The van der Waals surface area contributed by atoms with E-state index in [1.165, 1.54) is 6.92 Å².